The van der Waals surface area contributed by atoms with Gasteiger partial charge in [-0.2, -0.15) is 0 Å². The first kappa shape index (κ1) is 8.41. The Kier molecular flexibility index (Phi) is 2.12. The Labute approximate surface area is 76.0 Å². The molecule has 2 rings (SSSR count). The number of carbonyl (C=O) groups is 1. The van der Waals surface area contributed by atoms with Gasteiger partial charge >= 0.3 is 0 Å². The summed E-state index contributed by atoms with van der Waals surface area (Å²) in [6, 6.07) is 9.06. The van der Waals surface area contributed by atoms with Crippen LogP contribution in [0.15, 0.2) is 30.3 Å². The van der Waals surface area contributed by atoms with Gasteiger partial charge < -0.3 is 9.84 Å². The van der Waals surface area contributed by atoms with Crippen LogP contribution in [0, 0.1) is 0 Å². The standard InChI is InChI=1S/C10H10O3/c11-8-6-13-10(8)9(12)7-4-2-1-3-5-7/h1-5,9-10,12H,6H2/t9-,10-/m1/s1. The van der Waals surface area contributed by atoms with Gasteiger partial charge in [0.2, 0.25) is 0 Å². The minimum Gasteiger partial charge on any atom is -0.385 e. The minimum absolute atomic E-state index is 0.0312. The first-order chi connectivity index (χ1) is 6.29. The van der Waals surface area contributed by atoms with E-state index in [0.29, 0.717) is 0 Å². The highest BCUT2D eigenvalue weighted by atomic mass is 16.5. The maximum absolute atomic E-state index is 11.0. The number of Topliss-reactive ketones (excluding diaryl/α,β-unsaturated/α-hetero) is 1. The van der Waals surface area contributed by atoms with E-state index < -0.39 is 12.2 Å². The number of hydrogen-bond acceptors (Lipinski definition) is 3. The number of hydrogen-bond donors (Lipinski definition) is 1. The average Bonchev–Trinajstić information content (AvgIpc) is 2.17. The molecule has 1 aliphatic heterocycles. The summed E-state index contributed by atoms with van der Waals surface area (Å²) in [5.41, 5.74) is 0.723. The molecule has 3 heteroatoms. The van der Waals surface area contributed by atoms with Crippen molar-refractivity contribution in [3.8, 4) is 0 Å². The summed E-state index contributed by atoms with van der Waals surface area (Å²) >= 11 is 0. The van der Waals surface area contributed by atoms with Crippen LogP contribution in [0.3, 0.4) is 0 Å². The molecular weight excluding hydrogens is 168 g/mol. The van der Waals surface area contributed by atoms with Crippen molar-refractivity contribution in [2.75, 3.05) is 6.61 Å². The highest BCUT2D eigenvalue weighted by Gasteiger charge is 2.36. The smallest absolute Gasteiger partial charge is 0.190 e. The Bertz CT molecular complexity index is 307. The number of aliphatic hydroxyl groups is 1. The molecule has 1 fully saturated rings. The van der Waals surface area contributed by atoms with E-state index >= 15 is 0 Å². The molecule has 68 valence electrons. The van der Waals surface area contributed by atoms with E-state index in [2.05, 4.69) is 0 Å². The van der Waals surface area contributed by atoms with Gasteiger partial charge in [-0.05, 0) is 5.56 Å². The van der Waals surface area contributed by atoms with E-state index in [1.54, 1.807) is 12.1 Å². The second-order valence-corrected chi connectivity index (χ2v) is 3.05. The number of rotatable bonds is 2. The Balaban J connectivity index is 2.13. The zero-order valence-electron chi connectivity index (χ0n) is 7.01. The maximum atomic E-state index is 11.0. The van der Waals surface area contributed by atoms with Gasteiger partial charge in [0.15, 0.2) is 5.78 Å². The monoisotopic (exact) mass is 178 g/mol. The summed E-state index contributed by atoms with van der Waals surface area (Å²) in [7, 11) is 0. The molecule has 1 saturated heterocycles. The SMILES string of the molecule is O=C1CO[C@H]1[C@H](O)c1ccccc1. The third kappa shape index (κ3) is 1.48. The molecule has 1 aromatic carbocycles. The summed E-state index contributed by atoms with van der Waals surface area (Å²) in [4.78, 5) is 11.0. The van der Waals surface area contributed by atoms with Gasteiger partial charge in [-0.3, -0.25) is 4.79 Å². The fourth-order valence-electron chi connectivity index (χ4n) is 1.34. The third-order valence-electron chi connectivity index (χ3n) is 2.15. The van der Waals surface area contributed by atoms with Crippen LogP contribution in [0.1, 0.15) is 11.7 Å². The van der Waals surface area contributed by atoms with E-state index in [0.717, 1.165) is 5.56 Å². The van der Waals surface area contributed by atoms with Crippen LogP contribution in [0.4, 0.5) is 0 Å². The molecule has 1 aliphatic rings. The van der Waals surface area contributed by atoms with Crippen molar-refractivity contribution in [1.29, 1.82) is 0 Å². The Morgan fingerprint density at radius 1 is 1.38 bits per heavy atom. The van der Waals surface area contributed by atoms with Crippen molar-refractivity contribution < 1.29 is 14.6 Å². The van der Waals surface area contributed by atoms with Gasteiger partial charge in [0.05, 0.1) is 0 Å². The molecule has 0 spiro atoms. The number of ketones is 1. The van der Waals surface area contributed by atoms with Gasteiger partial charge in [-0.25, -0.2) is 0 Å². The molecule has 13 heavy (non-hydrogen) atoms. The number of benzene rings is 1. The molecule has 0 amide bonds. The van der Waals surface area contributed by atoms with Crippen LogP contribution in [-0.2, 0) is 9.53 Å². The van der Waals surface area contributed by atoms with E-state index in [1.165, 1.54) is 0 Å². The molecule has 0 radical (unpaired) electrons. The summed E-state index contributed by atoms with van der Waals surface area (Å²) in [5.74, 6) is -0.0312. The molecule has 0 saturated carbocycles. The molecule has 1 N–H and O–H groups in total. The zero-order chi connectivity index (χ0) is 9.26. The van der Waals surface area contributed by atoms with Crippen molar-refractivity contribution in [3.05, 3.63) is 35.9 Å². The Morgan fingerprint density at radius 2 is 2.08 bits per heavy atom. The Morgan fingerprint density at radius 3 is 2.54 bits per heavy atom. The predicted octanol–water partition coefficient (Wildman–Crippen LogP) is 0.688. The van der Waals surface area contributed by atoms with Gasteiger partial charge in [0, 0.05) is 0 Å². The minimum atomic E-state index is -0.817. The zero-order valence-corrected chi connectivity index (χ0v) is 7.01. The number of carbonyl (C=O) groups excluding carboxylic acids is 1. The van der Waals surface area contributed by atoms with Crippen LogP contribution in [0.25, 0.3) is 0 Å². The van der Waals surface area contributed by atoms with E-state index in [4.69, 9.17) is 4.74 Å². The fraction of sp³-hybridized carbons (Fsp3) is 0.300. The summed E-state index contributed by atoms with van der Waals surface area (Å²) in [6.45, 7) is 0.133. The highest BCUT2D eigenvalue weighted by Crippen LogP contribution is 2.24. The van der Waals surface area contributed by atoms with Crippen LogP contribution in [0.5, 0.6) is 0 Å². The maximum Gasteiger partial charge on any atom is 0.190 e. The lowest BCUT2D eigenvalue weighted by atomic mass is 9.99. The second kappa shape index (κ2) is 3.28. The lowest BCUT2D eigenvalue weighted by Gasteiger charge is -2.29. The van der Waals surface area contributed by atoms with Crippen molar-refractivity contribution in [1.82, 2.24) is 0 Å². The summed E-state index contributed by atoms with van der Waals surface area (Å²) < 4.78 is 4.96. The van der Waals surface area contributed by atoms with Gasteiger partial charge in [-0.1, -0.05) is 30.3 Å². The van der Waals surface area contributed by atoms with Crippen LogP contribution in [-0.4, -0.2) is 23.6 Å². The molecule has 1 heterocycles. The van der Waals surface area contributed by atoms with Crippen molar-refractivity contribution in [2.45, 2.75) is 12.2 Å². The number of aliphatic hydroxyl groups excluding tert-OH is 1. The molecule has 0 aliphatic carbocycles. The first-order valence-corrected chi connectivity index (χ1v) is 4.16. The van der Waals surface area contributed by atoms with Crippen molar-refractivity contribution in [2.24, 2.45) is 0 Å². The van der Waals surface area contributed by atoms with Crippen molar-refractivity contribution >= 4 is 5.78 Å². The highest BCUT2D eigenvalue weighted by molar-refractivity contribution is 5.89. The molecular formula is C10H10O3. The predicted molar refractivity (Wildman–Crippen MR) is 46.1 cm³/mol. The number of ether oxygens (including phenoxy) is 1. The molecule has 1 aromatic rings. The molecule has 0 unspecified atom stereocenters. The van der Waals surface area contributed by atoms with Gasteiger partial charge in [0.1, 0.15) is 18.8 Å². The van der Waals surface area contributed by atoms with E-state index in [1.807, 2.05) is 18.2 Å². The summed E-state index contributed by atoms with van der Waals surface area (Å²) in [5, 5.41) is 9.66. The van der Waals surface area contributed by atoms with Gasteiger partial charge in [-0.15, -0.1) is 0 Å². The van der Waals surface area contributed by atoms with E-state index in [-0.39, 0.29) is 12.4 Å². The lowest BCUT2D eigenvalue weighted by molar-refractivity contribution is -0.167. The first-order valence-electron chi connectivity index (χ1n) is 4.16. The third-order valence-corrected chi connectivity index (χ3v) is 2.15. The molecule has 2 atom stereocenters. The molecule has 0 aromatic heterocycles. The molecule has 0 bridgehead atoms. The molecule has 3 nitrogen and oxygen atoms in total. The van der Waals surface area contributed by atoms with Crippen LogP contribution < -0.4 is 0 Å². The van der Waals surface area contributed by atoms with E-state index in [9.17, 15) is 9.90 Å². The second-order valence-electron chi connectivity index (χ2n) is 3.05. The topological polar surface area (TPSA) is 46.5 Å². The van der Waals surface area contributed by atoms with Crippen LogP contribution >= 0.6 is 0 Å². The van der Waals surface area contributed by atoms with Crippen LogP contribution in [0.2, 0.25) is 0 Å². The fourth-order valence-corrected chi connectivity index (χ4v) is 1.34. The Hall–Kier alpha value is -1.19. The quantitative estimate of drug-likeness (QED) is 0.724. The largest absolute Gasteiger partial charge is 0.385 e. The van der Waals surface area contributed by atoms with Crippen molar-refractivity contribution in [3.63, 3.8) is 0 Å². The normalized spacial score (nSPS) is 23.8. The van der Waals surface area contributed by atoms with Gasteiger partial charge in [0.25, 0.3) is 0 Å². The average molecular weight is 178 g/mol. The lowest BCUT2D eigenvalue weighted by Crippen LogP contribution is -2.44. The summed E-state index contributed by atoms with van der Waals surface area (Å²) in [6.07, 6.45) is -1.47.